The number of nitrogens with zero attached hydrogens (tertiary/aromatic N) is 1. The molecule has 3 aromatic carbocycles. The third kappa shape index (κ3) is 7.74. The predicted molar refractivity (Wildman–Crippen MR) is 143 cm³/mol. The smallest absolute Gasteiger partial charge is 0.319 e. The lowest BCUT2D eigenvalue weighted by Gasteiger charge is -2.30. The molecule has 0 aliphatic carbocycles. The second kappa shape index (κ2) is 12.8. The highest BCUT2D eigenvalue weighted by Gasteiger charge is 2.26. The van der Waals surface area contributed by atoms with Gasteiger partial charge in [-0.3, -0.25) is 0 Å². The minimum absolute atomic E-state index is 0.0388. The van der Waals surface area contributed by atoms with Crippen LogP contribution in [0.1, 0.15) is 29.2 Å². The molecule has 1 unspecified atom stereocenters. The zero-order valence-electron chi connectivity index (χ0n) is 21.6. The van der Waals surface area contributed by atoms with Gasteiger partial charge in [-0.05, 0) is 68.0 Å². The molecule has 0 spiro atoms. The van der Waals surface area contributed by atoms with Crippen LogP contribution in [-0.2, 0) is 13.0 Å². The number of fused-ring (bicyclic) bond motifs is 1. The second-order valence-corrected chi connectivity index (χ2v) is 9.83. The number of nitrogens with one attached hydrogen (secondary N) is 3. The fourth-order valence-corrected chi connectivity index (χ4v) is 4.65. The van der Waals surface area contributed by atoms with E-state index in [-0.39, 0.29) is 19.0 Å². The first kappa shape index (κ1) is 27.5. The Labute approximate surface area is 221 Å². The van der Waals surface area contributed by atoms with Crippen LogP contribution in [0, 0.1) is 11.6 Å². The van der Waals surface area contributed by atoms with Gasteiger partial charge in [0.15, 0.2) is 0 Å². The van der Waals surface area contributed by atoms with E-state index < -0.39 is 29.8 Å². The molecule has 1 aliphatic rings. The lowest BCUT2D eigenvalue weighted by Crippen LogP contribution is -2.50. The molecule has 38 heavy (non-hydrogen) atoms. The molecule has 0 bridgehead atoms. The van der Waals surface area contributed by atoms with E-state index in [9.17, 15) is 18.7 Å². The Balaban J connectivity index is 1.47. The highest BCUT2D eigenvalue weighted by atomic mass is 19.1. The van der Waals surface area contributed by atoms with Crippen molar-refractivity contribution in [2.75, 3.05) is 32.6 Å². The van der Waals surface area contributed by atoms with Crippen LogP contribution in [0.15, 0.2) is 66.7 Å². The van der Waals surface area contributed by atoms with Crippen LogP contribution < -0.4 is 20.7 Å². The summed E-state index contributed by atoms with van der Waals surface area (Å²) in [5.41, 5.74) is 3.08. The van der Waals surface area contributed by atoms with Crippen molar-refractivity contribution >= 4 is 11.7 Å². The summed E-state index contributed by atoms with van der Waals surface area (Å²) in [4.78, 5) is 14.8. The number of hydrogen-bond donors (Lipinski definition) is 4. The highest BCUT2D eigenvalue weighted by Crippen LogP contribution is 2.33. The van der Waals surface area contributed by atoms with Gasteiger partial charge in [-0.25, -0.2) is 13.6 Å². The minimum Gasteiger partial charge on any atom is -0.493 e. The highest BCUT2D eigenvalue weighted by molar-refractivity contribution is 5.89. The van der Waals surface area contributed by atoms with Crippen molar-refractivity contribution in [1.82, 2.24) is 15.5 Å². The number of ether oxygens (including phenoxy) is 1. The first-order valence-corrected chi connectivity index (χ1v) is 12.7. The average Bonchev–Trinajstić information content (AvgIpc) is 2.86. The number of para-hydroxylation sites is 1. The van der Waals surface area contributed by atoms with Gasteiger partial charge in [-0.1, -0.05) is 24.3 Å². The number of rotatable bonds is 10. The van der Waals surface area contributed by atoms with Crippen molar-refractivity contribution in [3.63, 3.8) is 0 Å². The van der Waals surface area contributed by atoms with Gasteiger partial charge in [0.05, 0.1) is 18.8 Å². The maximum atomic E-state index is 13.8. The molecule has 3 aromatic rings. The van der Waals surface area contributed by atoms with E-state index in [1.807, 2.05) is 32.3 Å². The molecule has 7 nitrogen and oxygen atoms in total. The van der Waals surface area contributed by atoms with Crippen LogP contribution in [0.3, 0.4) is 0 Å². The Morgan fingerprint density at radius 1 is 1.05 bits per heavy atom. The summed E-state index contributed by atoms with van der Waals surface area (Å²) in [7, 11) is 4.02. The number of benzene rings is 3. The lowest BCUT2D eigenvalue weighted by molar-refractivity contribution is 0.121. The van der Waals surface area contributed by atoms with Gasteiger partial charge < -0.3 is 30.7 Å². The van der Waals surface area contributed by atoms with Gasteiger partial charge in [-0.15, -0.1) is 0 Å². The van der Waals surface area contributed by atoms with Gasteiger partial charge in [0.25, 0.3) is 0 Å². The Kier molecular flexibility index (Phi) is 9.28. The number of amides is 2. The zero-order chi connectivity index (χ0) is 27.1. The zero-order valence-corrected chi connectivity index (χ0v) is 21.6. The van der Waals surface area contributed by atoms with Crippen LogP contribution in [0.5, 0.6) is 5.75 Å². The summed E-state index contributed by atoms with van der Waals surface area (Å²) in [5, 5.41) is 20.1. The van der Waals surface area contributed by atoms with Crippen molar-refractivity contribution in [1.29, 1.82) is 0 Å². The summed E-state index contributed by atoms with van der Waals surface area (Å²) in [6, 6.07) is 16.8. The van der Waals surface area contributed by atoms with Crippen molar-refractivity contribution < 1.29 is 23.4 Å². The standard InChI is InChI=1S/C29H34F2N4O3/c1-35(2)18-19-8-9-28-24(14-19)25(10-11-38-28)32-17-27(36)26(15-20-12-21(30)16-22(31)13-20)34-29(37)33-23-6-4-3-5-7-23/h3-9,12-14,16,25-27,32,36H,10-11,15,17-18H2,1-2H3,(H2,33,34,37)/t25?,26-,27-/m0/s1. The number of halogens is 2. The lowest BCUT2D eigenvalue weighted by atomic mass is 9.96. The number of carbonyl (C=O) groups excluding carboxylic acids is 1. The third-order valence-electron chi connectivity index (χ3n) is 6.38. The molecule has 2 amide bonds. The fourth-order valence-electron chi connectivity index (χ4n) is 4.65. The number of urea groups is 1. The third-order valence-corrected chi connectivity index (χ3v) is 6.38. The Morgan fingerprint density at radius 2 is 1.79 bits per heavy atom. The molecular formula is C29H34F2N4O3. The van der Waals surface area contributed by atoms with Gasteiger partial charge in [0.1, 0.15) is 17.4 Å². The topological polar surface area (TPSA) is 85.9 Å². The summed E-state index contributed by atoms with van der Waals surface area (Å²) >= 11 is 0. The van der Waals surface area contributed by atoms with Crippen molar-refractivity contribution in [2.24, 2.45) is 0 Å². The minimum atomic E-state index is -1.04. The number of hydrogen-bond acceptors (Lipinski definition) is 5. The molecule has 4 N–H and O–H groups in total. The van der Waals surface area contributed by atoms with Crippen molar-refractivity contribution in [3.05, 3.63) is 95.1 Å². The molecular weight excluding hydrogens is 490 g/mol. The average molecular weight is 525 g/mol. The number of aliphatic hydroxyl groups excluding tert-OH is 1. The summed E-state index contributed by atoms with van der Waals surface area (Å²) in [5.74, 6) is -0.627. The monoisotopic (exact) mass is 524 g/mol. The number of carbonyl (C=O) groups is 1. The quantitative estimate of drug-likeness (QED) is 0.319. The van der Waals surface area contributed by atoms with Gasteiger partial charge in [0.2, 0.25) is 0 Å². The fraction of sp³-hybridized carbons (Fsp3) is 0.345. The summed E-state index contributed by atoms with van der Waals surface area (Å²) in [6.07, 6.45) is -0.289. The Bertz CT molecular complexity index is 1210. The van der Waals surface area contributed by atoms with Crippen LogP contribution in [0.25, 0.3) is 0 Å². The molecule has 0 fully saturated rings. The molecule has 9 heteroatoms. The molecule has 4 rings (SSSR count). The molecule has 0 radical (unpaired) electrons. The van der Waals surface area contributed by atoms with Crippen LogP contribution in [0.4, 0.5) is 19.3 Å². The second-order valence-electron chi connectivity index (χ2n) is 9.83. The normalized spacial score (nSPS) is 16.3. The van der Waals surface area contributed by atoms with E-state index in [1.54, 1.807) is 24.3 Å². The van der Waals surface area contributed by atoms with Gasteiger partial charge in [-0.2, -0.15) is 0 Å². The number of aliphatic hydroxyl groups is 1. The van der Waals surface area contributed by atoms with Crippen molar-refractivity contribution in [2.45, 2.75) is 37.6 Å². The molecule has 3 atom stereocenters. The van der Waals surface area contributed by atoms with E-state index in [2.05, 4.69) is 26.9 Å². The van der Waals surface area contributed by atoms with Gasteiger partial charge >= 0.3 is 6.03 Å². The maximum absolute atomic E-state index is 13.8. The molecule has 0 saturated heterocycles. The molecule has 0 aromatic heterocycles. The number of anilines is 1. The first-order chi connectivity index (χ1) is 18.3. The van der Waals surface area contributed by atoms with E-state index >= 15 is 0 Å². The molecule has 202 valence electrons. The first-order valence-electron chi connectivity index (χ1n) is 12.7. The van der Waals surface area contributed by atoms with E-state index in [0.717, 1.165) is 29.5 Å². The van der Waals surface area contributed by atoms with E-state index in [0.29, 0.717) is 24.3 Å². The predicted octanol–water partition coefficient (Wildman–Crippen LogP) is 4.23. The van der Waals surface area contributed by atoms with Gasteiger partial charge in [0, 0.05) is 42.9 Å². The molecule has 0 saturated carbocycles. The SMILES string of the molecule is CN(C)Cc1ccc2c(c1)C(NC[C@H](O)[C@H](Cc1cc(F)cc(F)c1)NC(=O)Nc1ccccc1)CCO2. The van der Waals surface area contributed by atoms with E-state index in [4.69, 9.17) is 4.74 Å². The largest absolute Gasteiger partial charge is 0.493 e. The summed E-state index contributed by atoms with van der Waals surface area (Å²) < 4.78 is 33.5. The van der Waals surface area contributed by atoms with Crippen molar-refractivity contribution in [3.8, 4) is 5.75 Å². The maximum Gasteiger partial charge on any atom is 0.319 e. The van der Waals surface area contributed by atoms with Crippen LogP contribution >= 0.6 is 0 Å². The Morgan fingerprint density at radius 3 is 2.50 bits per heavy atom. The molecule has 1 aliphatic heterocycles. The van der Waals surface area contributed by atoms with E-state index in [1.165, 1.54) is 12.1 Å². The van der Waals surface area contributed by atoms with Crippen LogP contribution in [0.2, 0.25) is 0 Å². The molecule has 1 heterocycles. The van der Waals surface area contributed by atoms with Crippen LogP contribution in [-0.4, -0.2) is 55.4 Å². The summed E-state index contributed by atoms with van der Waals surface area (Å²) in [6.45, 7) is 1.48. The Hall–Kier alpha value is -3.53.